The number of anilines is 1. The van der Waals surface area contributed by atoms with Gasteiger partial charge in [0.15, 0.2) is 0 Å². The number of thiocarbonyl (C=S) groups is 1. The molecule has 0 unspecified atom stereocenters. The molecule has 1 aliphatic carbocycles. The second kappa shape index (κ2) is 5.44. The number of aromatic amines is 1. The number of rotatable bonds is 3. The van der Waals surface area contributed by atoms with Gasteiger partial charge in [-0.25, -0.2) is 4.98 Å². The van der Waals surface area contributed by atoms with E-state index < -0.39 is 5.41 Å². The summed E-state index contributed by atoms with van der Waals surface area (Å²) in [5, 5.41) is 2.85. The molecule has 1 amide bonds. The summed E-state index contributed by atoms with van der Waals surface area (Å²) in [5.74, 6) is 0.302. The number of H-pyrrole nitrogens is 1. The van der Waals surface area contributed by atoms with E-state index in [4.69, 9.17) is 18.0 Å². The number of benzene rings is 1. The van der Waals surface area contributed by atoms with Crippen LogP contribution in [0.25, 0.3) is 11.0 Å². The van der Waals surface area contributed by atoms with E-state index in [0.717, 1.165) is 30.3 Å². The summed E-state index contributed by atoms with van der Waals surface area (Å²) < 4.78 is 0. The fourth-order valence-electron chi connectivity index (χ4n) is 2.98. The van der Waals surface area contributed by atoms with Gasteiger partial charge in [-0.2, -0.15) is 0 Å². The van der Waals surface area contributed by atoms with Gasteiger partial charge in [0.1, 0.15) is 0 Å². The SMILES string of the molecule is NC(=S)C1(C(=O)Nc2nc3ccccc3[nH]2)CCCCC1. The van der Waals surface area contributed by atoms with Crippen molar-refractivity contribution in [1.29, 1.82) is 0 Å². The zero-order valence-corrected chi connectivity index (χ0v) is 12.5. The monoisotopic (exact) mass is 302 g/mol. The van der Waals surface area contributed by atoms with E-state index in [1.54, 1.807) is 0 Å². The van der Waals surface area contributed by atoms with Crippen molar-refractivity contribution in [2.24, 2.45) is 11.1 Å². The average Bonchev–Trinajstić information content (AvgIpc) is 2.89. The molecule has 1 aliphatic rings. The molecule has 4 N–H and O–H groups in total. The molecule has 21 heavy (non-hydrogen) atoms. The predicted molar refractivity (Wildman–Crippen MR) is 87.0 cm³/mol. The number of carbonyl (C=O) groups excluding carboxylic acids is 1. The van der Waals surface area contributed by atoms with Gasteiger partial charge in [-0.1, -0.05) is 43.6 Å². The van der Waals surface area contributed by atoms with Crippen molar-refractivity contribution >= 4 is 40.1 Å². The number of para-hydroxylation sites is 2. The van der Waals surface area contributed by atoms with Crippen molar-refractivity contribution in [1.82, 2.24) is 9.97 Å². The Hall–Kier alpha value is -1.95. The normalized spacial score (nSPS) is 17.5. The van der Waals surface area contributed by atoms with Crippen LogP contribution in [0.5, 0.6) is 0 Å². The Bertz CT molecular complexity index is 655. The van der Waals surface area contributed by atoms with E-state index in [9.17, 15) is 4.79 Å². The third-order valence-electron chi connectivity index (χ3n) is 4.23. The zero-order chi connectivity index (χ0) is 14.9. The zero-order valence-electron chi connectivity index (χ0n) is 11.7. The molecule has 0 radical (unpaired) electrons. The quantitative estimate of drug-likeness (QED) is 0.761. The summed E-state index contributed by atoms with van der Waals surface area (Å²) in [6, 6.07) is 7.64. The molecule has 3 rings (SSSR count). The Kier molecular flexibility index (Phi) is 3.63. The highest BCUT2D eigenvalue weighted by Crippen LogP contribution is 2.37. The van der Waals surface area contributed by atoms with Crippen LogP contribution in [0.3, 0.4) is 0 Å². The van der Waals surface area contributed by atoms with Crippen LogP contribution in [-0.2, 0) is 4.79 Å². The summed E-state index contributed by atoms with van der Waals surface area (Å²) in [7, 11) is 0. The van der Waals surface area contributed by atoms with Gasteiger partial charge in [0.05, 0.1) is 21.4 Å². The third kappa shape index (κ3) is 2.51. The van der Waals surface area contributed by atoms with E-state index >= 15 is 0 Å². The number of aromatic nitrogens is 2. The topological polar surface area (TPSA) is 83.8 Å². The molecule has 1 fully saturated rings. The molecule has 2 aromatic rings. The van der Waals surface area contributed by atoms with Crippen molar-refractivity contribution in [3.8, 4) is 0 Å². The number of hydrogen-bond acceptors (Lipinski definition) is 3. The fourth-order valence-corrected chi connectivity index (χ4v) is 3.28. The lowest BCUT2D eigenvalue weighted by atomic mass is 9.73. The summed E-state index contributed by atoms with van der Waals surface area (Å²) >= 11 is 5.17. The lowest BCUT2D eigenvalue weighted by molar-refractivity contribution is -0.123. The molecule has 5 nitrogen and oxygen atoms in total. The second-order valence-corrected chi connectivity index (χ2v) is 6.00. The van der Waals surface area contributed by atoms with Gasteiger partial charge in [0.2, 0.25) is 11.9 Å². The molecule has 1 heterocycles. The van der Waals surface area contributed by atoms with Crippen molar-refractivity contribution in [2.75, 3.05) is 5.32 Å². The molecule has 1 aromatic heterocycles. The maximum absolute atomic E-state index is 12.7. The third-order valence-corrected chi connectivity index (χ3v) is 4.63. The minimum Gasteiger partial charge on any atom is -0.392 e. The maximum atomic E-state index is 12.7. The number of amides is 1. The van der Waals surface area contributed by atoms with Crippen LogP contribution < -0.4 is 11.1 Å². The molecule has 0 saturated heterocycles. The van der Waals surface area contributed by atoms with E-state index in [-0.39, 0.29) is 10.9 Å². The smallest absolute Gasteiger partial charge is 0.239 e. The number of hydrogen-bond donors (Lipinski definition) is 3. The van der Waals surface area contributed by atoms with E-state index in [2.05, 4.69) is 15.3 Å². The van der Waals surface area contributed by atoms with Crippen LogP contribution in [0.15, 0.2) is 24.3 Å². The van der Waals surface area contributed by atoms with E-state index in [0.29, 0.717) is 18.8 Å². The highest BCUT2D eigenvalue weighted by Gasteiger charge is 2.42. The molecular weight excluding hydrogens is 284 g/mol. The lowest BCUT2D eigenvalue weighted by Gasteiger charge is -2.34. The minimum atomic E-state index is -0.730. The number of nitrogens with zero attached hydrogens (tertiary/aromatic N) is 1. The van der Waals surface area contributed by atoms with Gasteiger partial charge in [-0.15, -0.1) is 0 Å². The Morgan fingerprint density at radius 1 is 1.29 bits per heavy atom. The maximum Gasteiger partial charge on any atom is 0.239 e. The predicted octanol–water partition coefficient (Wildman–Crippen LogP) is 2.74. The van der Waals surface area contributed by atoms with Crippen LogP contribution in [0.4, 0.5) is 5.95 Å². The Balaban J connectivity index is 1.85. The van der Waals surface area contributed by atoms with Crippen LogP contribution in [0, 0.1) is 5.41 Å². The van der Waals surface area contributed by atoms with Crippen LogP contribution in [0.1, 0.15) is 32.1 Å². The van der Waals surface area contributed by atoms with Gasteiger partial charge in [-0.05, 0) is 25.0 Å². The number of fused-ring (bicyclic) bond motifs is 1. The first kappa shape index (κ1) is 14.0. The Morgan fingerprint density at radius 2 is 2.00 bits per heavy atom. The van der Waals surface area contributed by atoms with Crippen molar-refractivity contribution in [3.63, 3.8) is 0 Å². The first-order chi connectivity index (χ1) is 10.1. The van der Waals surface area contributed by atoms with Crippen LogP contribution >= 0.6 is 12.2 Å². The number of nitrogens with one attached hydrogen (secondary N) is 2. The molecule has 110 valence electrons. The summed E-state index contributed by atoms with van der Waals surface area (Å²) in [5.41, 5.74) is 6.85. The number of carbonyl (C=O) groups is 1. The Morgan fingerprint density at radius 3 is 2.67 bits per heavy atom. The second-order valence-electron chi connectivity index (χ2n) is 5.56. The first-order valence-corrected chi connectivity index (χ1v) is 7.59. The highest BCUT2D eigenvalue weighted by molar-refractivity contribution is 7.80. The largest absolute Gasteiger partial charge is 0.392 e. The first-order valence-electron chi connectivity index (χ1n) is 7.18. The lowest BCUT2D eigenvalue weighted by Crippen LogP contribution is -2.47. The van der Waals surface area contributed by atoms with E-state index in [1.807, 2.05) is 24.3 Å². The molecular formula is C15H18N4OS. The van der Waals surface area contributed by atoms with Crippen molar-refractivity contribution < 1.29 is 4.79 Å². The average molecular weight is 302 g/mol. The molecule has 0 spiro atoms. The van der Waals surface area contributed by atoms with Crippen molar-refractivity contribution in [2.45, 2.75) is 32.1 Å². The molecule has 1 saturated carbocycles. The molecule has 0 atom stereocenters. The van der Waals surface area contributed by atoms with Gasteiger partial charge in [-0.3, -0.25) is 10.1 Å². The van der Waals surface area contributed by atoms with Gasteiger partial charge in [0.25, 0.3) is 0 Å². The molecule has 6 heteroatoms. The van der Waals surface area contributed by atoms with Gasteiger partial charge >= 0.3 is 0 Å². The summed E-state index contributed by atoms with van der Waals surface area (Å²) in [6.45, 7) is 0. The minimum absolute atomic E-state index is 0.145. The van der Waals surface area contributed by atoms with Crippen LogP contribution in [-0.4, -0.2) is 20.9 Å². The highest BCUT2D eigenvalue weighted by atomic mass is 32.1. The standard InChI is InChI=1S/C15H18N4OS/c16-12(21)15(8-4-1-5-9-15)13(20)19-14-17-10-6-2-3-7-11(10)18-14/h2-3,6-7H,1,4-5,8-9H2,(H2,16,21)(H2,17,18,19,20). The van der Waals surface area contributed by atoms with Crippen molar-refractivity contribution in [3.05, 3.63) is 24.3 Å². The number of nitrogens with two attached hydrogens (primary N) is 1. The molecule has 0 bridgehead atoms. The van der Waals surface area contributed by atoms with E-state index in [1.165, 1.54) is 0 Å². The Labute approximate surface area is 128 Å². The number of imidazole rings is 1. The molecule has 0 aliphatic heterocycles. The molecule has 1 aromatic carbocycles. The van der Waals surface area contributed by atoms with Gasteiger partial charge < -0.3 is 10.7 Å². The van der Waals surface area contributed by atoms with Crippen LogP contribution in [0.2, 0.25) is 0 Å². The summed E-state index contributed by atoms with van der Waals surface area (Å²) in [6.07, 6.45) is 4.51. The fraction of sp³-hybridized carbons (Fsp3) is 0.400. The summed E-state index contributed by atoms with van der Waals surface area (Å²) in [4.78, 5) is 20.4. The van der Waals surface area contributed by atoms with Gasteiger partial charge in [0, 0.05) is 0 Å².